The Kier molecular flexibility index (Phi) is 4.32. The van der Waals surface area contributed by atoms with Gasteiger partial charge in [0.05, 0.1) is 12.5 Å². The van der Waals surface area contributed by atoms with E-state index in [1.807, 2.05) is 0 Å². The number of benzene rings is 1. The van der Waals surface area contributed by atoms with E-state index in [-0.39, 0.29) is 6.04 Å². The number of aromatic nitrogens is 2. The summed E-state index contributed by atoms with van der Waals surface area (Å²) in [7, 11) is 0. The second-order valence-corrected chi connectivity index (χ2v) is 5.05. The molecule has 0 aliphatic heterocycles. The van der Waals surface area contributed by atoms with E-state index in [1.165, 1.54) is 16.7 Å². The number of hydrogen-bond acceptors (Lipinski definition) is 4. The molecule has 0 aliphatic rings. The molecule has 1 heterocycles. The first kappa shape index (κ1) is 13.7. The second kappa shape index (κ2) is 5.97. The van der Waals surface area contributed by atoms with E-state index >= 15 is 0 Å². The van der Waals surface area contributed by atoms with Gasteiger partial charge in [-0.05, 0) is 31.4 Å². The zero-order chi connectivity index (χ0) is 13.8. The van der Waals surface area contributed by atoms with Gasteiger partial charge in [0.2, 0.25) is 5.89 Å². The summed E-state index contributed by atoms with van der Waals surface area (Å²) in [6, 6.07) is 6.26. The molecular weight excluding hydrogens is 238 g/mol. The molecule has 2 rings (SSSR count). The first-order valence-corrected chi connectivity index (χ1v) is 6.74. The van der Waals surface area contributed by atoms with Crippen molar-refractivity contribution in [2.24, 2.45) is 5.73 Å². The normalized spacial score (nSPS) is 12.6. The zero-order valence-corrected chi connectivity index (χ0v) is 11.8. The molecule has 1 aromatic heterocycles. The minimum Gasteiger partial charge on any atom is -0.339 e. The van der Waals surface area contributed by atoms with Gasteiger partial charge in [-0.25, -0.2) is 0 Å². The van der Waals surface area contributed by atoms with Gasteiger partial charge in [0, 0.05) is 0 Å². The lowest BCUT2D eigenvalue weighted by atomic mass is 10.0. The average Bonchev–Trinajstić information content (AvgIpc) is 2.83. The molecule has 0 saturated carbocycles. The third-order valence-corrected chi connectivity index (χ3v) is 3.26. The molecule has 102 valence electrons. The van der Waals surface area contributed by atoms with Crippen LogP contribution in [-0.4, -0.2) is 10.1 Å². The highest BCUT2D eigenvalue weighted by molar-refractivity contribution is 5.32. The zero-order valence-electron chi connectivity index (χ0n) is 11.8. The van der Waals surface area contributed by atoms with Gasteiger partial charge >= 0.3 is 0 Å². The molecule has 2 aromatic rings. The topological polar surface area (TPSA) is 64.9 Å². The van der Waals surface area contributed by atoms with E-state index in [1.54, 1.807) is 0 Å². The van der Waals surface area contributed by atoms with Crippen LogP contribution in [0.3, 0.4) is 0 Å². The molecule has 0 radical (unpaired) electrons. The Bertz CT molecular complexity index is 548. The molecule has 2 N–H and O–H groups in total. The Labute approximate surface area is 114 Å². The van der Waals surface area contributed by atoms with Crippen molar-refractivity contribution in [1.29, 1.82) is 0 Å². The highest BCUT2D eigenvalue weighted by atomic mass is 16.5. The van der Waals surface area contributed by atoms with Crippen LogP contribution in [-0.2, 0) is 6.42 Å². The fourth-order valence-corrected chi connectivity index (χ4v) is 2.08. The quantitative estimate of drug-likeness (QED) is 0.896. The highest BCUT2D eigenvalue weighted by Crippen LogP contribution is 2.17. The van der Waals surface area contributed by atoms with Gasteiger partial charge in [0.1, 0.15) is 0 Å². The number of nitrogens with two attached hydrogens (primary N) is 1. The van der Waals surface area contributed by atoms with Crippen LogP contribution in [0.25, 0.3) is 0 Å². The molecular formula is C15H21N3O. The first-order valence-electron chi connectivity index (χ1n) is 6.74. The molecule has 0 spiro atoms. The summed E-state index contributed by atoms with van der Waals surface area (Å²) in [5, 5.41) is 3.97. The van der Waals surface area contributed by atoms with Gasteiger partial charge in [-0.15, -0.1) is 0 Å². The lowest BCUT2D eigenvalue weighted by Crippen LogP contribution is -2.11. The molecule has 4 nitrogen and oxygen atoms in total. The van der Waals surface area contributed by atoms with Crippen molar-refractivity contribution in [3.8, 4) is 0 Å². The predicted molar refractivity (Wildman–Crippen MR) is 74.9 cm³/mol. The van der Waals surface area contributed by atoms with Gasteiger partial charge in [0.25, 0.3) is 0 Å². The van der Waals surface area contributed by atoms with Crippen molar-refractivity contribution in [3.63, 3.8) is 0 Å². The Morgan fingerprint density at radius 3 is 2.84 bits per heavy atom. The minimum absolute atomic E-state index is 0.124. The second-order valence-electron chi connectivity index (χ2n) is 5.05. The molecule has 4 heteroatoms. The Morgan fingerprint density at radius 1 is 1.32 bits per heavy atom. The number of rotatable bonds is 5. The first-order chi connectivity index (χ1) is 9.10. The molecule has 19 heavy (non-hydrogen) atoms. The smallest absolute Gasteiger partial charge is 0.231 e. The highest BCUT2D eigenvalue weighted by Gasteiger charge is 2.14. The van der Waals surface area contributed by atoms with E-state index in [9.17, 15) is 0 Å². The lowest BCUT2D eigenvalue weighted by molar-refractivity contribution is 0.374. The summed E-state index contributed by atoms with van der Waals surface area (Å²) in [6.45, 7) is 6.27. The minimum atomic E-state index is -0.124. The maximum Gasteiger partial charge on any atom is 0.231 e. The fraction of sp³-hybridized carbons (Fsp3) is 0.467. The predicted octanol–water partition coefficient (Wildman–Crippen LogP) is 3.08. The number of nitrogens with zero attached hydrogens (tertiary/aromatic N) is 2. The maximum absolute atomic E-state index is 5.98. The van der Waals surface area contributed by atoms with Crippen LogP contribution >= 0.6 is 0 Å². The summed E-state index contributed by atoms with van der Waals surface area (Å²) in [4.78, 5) is 4.39. The Hall–Kier alpha value is -1.68. The Morgan fingerprint density at radius 2 is 2.11 bits per heavy atom. The summed E-state index contributed by atoms with van der Waals surface area (Å²) in [5.74, 6) is 1.25. The summed E-state index contributed by atoms with van der Waals surface area (Å²) in [5.41, 5.74) is 9.68. The van der Waals surface area contributed by atoms with Gasteiger partial charge in [-0.1, -0.05) is 42.3 Å². The van der Waals surface area contributed by atoms with Crippen LogP contribution in [0.2, 0.25) is 0 Å². The van der Waals surface area contributed by atoms with Crippen molar-refractivity contribution in [1.82, 2.24) is 10.1 Å². The fourth-order valence-electron chi connectivity index (χ4n) is 2.08. The number of aryl methyl sites for hydroxylation is 2. The van der Waals surface area contributed by atoms with Crippen LogP contribution in [0.15, 0.2) is 22.7 Å². The van der Waals surface area contributed by atoms with Crippen molar-refractivity contribution in [3.05, 3.63) is 46.6 Å². The molecule has 0 bridgehead atoms. The summed E-state index contributed by atoms with van der Waals surface area (Å²) < 4.78 is 5.29. The van der Waals surface area contributed by atoms with Gasteiger partial charge in [0.15, 0.2) is 5.82 Å². The number of hydrogen-bond donors (Lipinski definition) is 1. The van der Waals surface area contributed by atoms with Crippen LogP contribution in [0, 0.1) is 13.8 Å². The summed E-state index contributed by atoms with van der Waals surface area (Å²) in [6.07, 6.45) is 2.56. The monoisotopic (exact) mass is 259 g/mol. The maximum atomic E-state index is 5.98. The molecule has 0 aliphatic carbocycles. The van der Waals surface area contributed by atoms with Crippen molar-refractivity contribution < 1.29 is 4.52 Å². The van der Waals surface area contributed by atoms with Crippen LogP contribution < -0.4 is 5.73 Å². The van der Waals surface area contributed by atoms with E-state index in [4.69, 9.17) is 10.3 Å². The van der Waals surface area contributed by atoms with E-state index < -0.39 is 0 Å². The lowest BCUT2D eigenvalue weighted by Gasteiger charge is -2.04. The van der Waals surface area contributed by atoms with Crippen molar-refractivity contribution in [2.75, 3.05) is 0 Å². The van der Waals surface area contributed by atoms with Gasteiger partial charge in [-0.3, -0.25) is 0 Å². The molecule has 0 amide bonds. The molecule has 0 saturated heterocycles. The van der Waals surface area contributed by atoms with Crippen molar-refractivity contribution >= 4 is 0 Å². The van der Waals surface area contributed by atoms with Crippen LogP contribution in [0.1, 0.15) is 54.2 Å². The van der Waals surface area contributed by atoms with Crippen molar-refractivity contribution in [2.45, 2.75) is 46.1 Å². The largest absolute Gasteiger partial charge is 0.339 e. The van der Waals surface area contributed by atoms with Crippen LogP contribution in [0.4, 0.5) is 0 Å². The molecule has 1 unspecified atom stereocenters. The van der Waals surface area contributed by atoms with E-state index in [0.29, 0.717) is 18.1 Å². The Balaban J connectivity index is 2.13. The third-order valence-electron chi connectivity index (χ3n) is 3.26. The average molecular weight is 259 g/mol. The van der Waals surface area contributed by atoms with Crippen LogP contribution in [0.5, 0.6) is 0 Å². The standard InChI is InChI=1S/C15H21N3O/c1-4-5-13(16)15-17-14(19-18-15)9-12-8-10(2)6-7-11(12)3/h6-8,13H,4-5,9,16H2,1-3H3. The third kappa shape index (κ3) is 3.41. The SMILES string of the molecule is CCCC(N)c1noc(Cc2cc(C)ccc2C)n1. The summed E-state index contributed by atoms with van der Waals surface area (Å²) >= 11 is 0. The van der Waals surface area contributed by atoms with E-state index in [0.717, 1.165) is 12.8 Å². The molecule has 0 fully saturated rings. The molecule has 1 atom stereocenters. The molecule has 1 aromatic carbocycles. The van der Waals surface area contributed by atoms with Gasteiger partial charge < -0.3 is 10.3 Å². The van der Waals surface area contributed by atoms with Gasteiger partial charge in [-0.2, -0.15) is 4.98 Å². The van der Waals surface area contributed by atoms with E-state index in [2.05, 4.69) is 49.1 Å².